The van der Waals surface area contributed by atoms with Gasteiger partial charge in [-0.3, -0.25) is 4.79 Å². The molecule has 5 heteroatoms. The fraction of sp³-hybridized carbons (Fsp3) is 0.273. The summed E-state index contributed by atoms with van der Waals surface area (Å²) in [6.07, 6.45) is 0. The Labute approximate surface area is 93.5 Å². The van der Waals surface area contributed by atoms with Crippen LogP contribution in [0, 0.1) is 6.92 Å². The normalized spacial score (nSPS) is 11.9. The van der Waals surface area contributed by atoms with Gasteiger partial charge in [-0.15, -0.1) is 0 Å². The van der Waals surface area contributed by atoms with Gasteiger partial charge in [-0.1, -0.05) is 18.2 Å². The van der Waals surface area contributed by atoms with E-state index in [4.69, 9.17) is 10.8 Å². The Balaban J connectivity index is 2.95. The number of carbonyl (C=O) groups is 2. The van der Waals surface area contributed by atoms with Gasteiger partial charge in [0.2, 0.25) is 0 Å². The molecule has 16 heavy (non-hydrogen) atoms. The third-order valence-corrected chi connectivity index (χ3v) is 2.34. The van der Waals surface area contributed by atoms with Gasteiger partial charge in [0.15, 0.2) is 6.04 Å². The minimum Gasteiger partial charge on any atom is -0.480 e. The van der Waals surface area contributed by atoms with Crippen LogP contribution in [0.15, 0.2) is 24.3 Å². The number of nitrogens with zero attached hydrogens (tertiary/aromatic N) is 1. The Hall–Kier alpha value is -1.88. The summed E-state index contributed by atoms with van der Waals surface area (Å²) in [4.78, 5) is 23.5. The Morgan fingerprint density at radius 2 is 1.94 bits per heavy atom. The van der Waals surface area contributed by atoms with Crippen LogP contribution in [0.4, 0.5) is 5.69 Å². The summed E-state index contributed by atoms with van der Waals surface area (Å²) in [7, 11) is 1.51. The van der Waals surface area contributed by atoms with Gasteiger partial charge in [0.05, 0.1) is 0 Å². The van der Waals surface area contributed by atoms with E-state index in [1.54, 1.807) is 12.1 Å². The summed E-state index contributed by atoms with van der Waals surface area (Å²) in [6, 6.07) is 5.67. The van der Waals surface area contributed by atoms with Crippen LogP contribution in [-0.4, -0.2) is 30.1 Å². The number of rotatable bonds is 3. The number of benzene rings is 1. The van der Waals surface area contributed by atoms with Crippen LogP contribution >= 0.6 is 0 Å². The van der Waals surface area contributed by atoms with Gasteiger partial charge in [0.25, 0.3) is 5.91 Å². The van der Waals surface area contributed by atoms with Crippen molar-refractivity contribution in [1.29, 1.82) is 0 Å². The summed E-state index contributed by atoms with van der Waals surface area (Å²) in [6.45, 7) is 1.84. The van der Waals surface area contributed by atoms with Gasteiger partial charge in [-0.25, -0.2) is 4.79 Å². The molecule has 0 saturated carbocycles. The van der Waals surface area contributed by atoms with E-state index in [0.717, 1.165) is 5.56 Å². The molecule has 1 aromatic rings. The zero-order valence-corrected chi connectivity index (χ0v) is 9.18. The SMILES string of the molecule is Cc1ccccc1N(C)C(=O)C(N)C(=O)O. The first-order valence-electron chi connectivity index (χ1n) is 4.76. The lowest BCUT2D eigenvalue weighted by Gasteiger charge is -2.21. The molecule has 0 aromatic heterocycles. The second-order valence-electron chi connectivity index (χ2n) is 3.50. The molecule has 0 aliphatic rings. The minimum atomic E-state index is -1.52. The number of hydrogen-bond donors (Lipinski definition) is 2. The van der Waals surface area contributed by atoms with Crippen molar-refractivity contribution in [3.05, 3.63) is 29.8 Å². The zero-order chi connectivity index (χ0) is 12.3. The first kappa shape index (κ1) is 12.2. The number of aliphatic carboxylic acids is 1. The van der Waals surface area contributed by atoms with E-state index in [1.807, 2.05) is 19.1 Å². The molecule has 5 nitrogen and oxygen atoms in total. The Kier molecular flexibility index (Phi) is 3.63. The van der Waals surface area contributed by atoms with Crippen molar-refractivity contribution in [1.82, 2.24) is 0 Å². The third-order valence-electron chi connectivity index (χ3n) is 2.34. The number of nitrogens with two attached hydrogens (primary N) is 1. The highest BCUT2D eigenvalue weighted by Gasteiger charge is 2.25. The van der Waals surface area contributed by atoms with Gasteiger partial charge in [-0.05, 0) is 18.6 Å². The van der Waals surface area contributed by atoms with Crippen molar-refractivity contribution in [3.8, 4) is 0 Å². The average molecular weight is 222 g/mol. The van der Waals surface area contributed by atoms with E-state index in [-0.39, 0.29) is 0 Å². The van der Waals surface area contributed by atoms with E-state index in [0.29, 0.717) is 5.69 Å². The highest BCUT2D eigenvalue weighted by molar-refractivity contribution is 6.08. The number of carboxylic acid groups (broad SMARTS) is 1. The van der Waals surface area contributed by atoms with E-state index < -0.39 is 17.9 Å². The fourth-order valence-electron chi connectivity index (χ4n) is 1.37. The largest absolute Gasteiger partial charge is 0.480 e. The summed E-state index contributed by atoms with van der Waals surface area (Å²) in [5, 5.41) is 8.65. The predicted octanol–water partition coefficient (Wildman–Crippen LogP) is 0.370. The molecule has 0 fully saturated rings. The van der Waals surface area contributed by atoms with Crippen molar-refractivity contribution < 1.29 is 14.7 Å². The number of aryl methyl sites for hydroxylation is 1. The maximum Gasteiger partial charge on any atom is 0.330 e. The first-order chi connectivity index (χ1) is 7.45. The van der Waals surface area contributed by atoms with Crippen LogP contribution in [0.2, 0.25) is 0 Å². The second kappa shape index (κ2) is 4.76. The number of hydrogen-bond acceptors (Lipinski definition) is 3. The molecule has 0 aliphatic carbocycles. The van der Waals surface area contributed by atoms with Crippen LogP contribution in [0.25, 0.3) is 0 Å². The van der Waals surface area contributed by atoms with Crippen LogP contribution in [0.3, 0.4) is 0 Å². The quantitative estimate of drug-likeness (QED) is 0.724. The van der Waals surface area contributed by atoms with Gasteiger partial charge in [0, 0.05) is 12.7 Å². The lowest BCUT2D eigenvalue weighted by Crippen LogP contribution is -2.47. The first-order valence-corrected chi connectivity index (χ1v) is 4.76. The summed E-state index contributed by atoms with van der Waals surface area (Å²) in [5.41, 5.74) is 6.80. The summed E-state index contributed by atoms with van der Waals surface area (Å²) >= 11 is 0. The molecule has 0 radical (unpaired) electrons. The number of para-hydroxylation sites is 1. The van der Waals surface area contributed by atoms with E-state index in [9.17, 15) is 9.59 Å². The number of carboxylic acids is 1. The van der Waals surface area contributed by atoms with E-state index in [1.165, 1.54) is 11.9 Å². The number of amides is 1. The van der Waals surface area contributed by atoms with Gasteiger partial charge in [-0.2, -0.15) is 0 Å². The maximum atomic E-state index is 11.7. The molecule has 1 atom stereocenters. The topological polar surface area (TPSA) is 83.6 Å². The zero-order valence-electron chi connectivity index (χ0n) is 9.18. The monoisotopic (exact) mass is 222 g/mol. The molecular formula is C11H14N2O3. The Morgan fingerprint density at radius 1 is 1.38 bits per heavy atom. The average Bonchev–Trinajstić information content (AvgIpc) is 2.26. The molecule has 0 aliphatic heterocycles. The van der Waals surface area contributed by atoms with Crippen molar-refractivity contribution >= 4 is 17.6 Å². The minimum absolute atomic E-state index is 0.637. The van der Waals surface area contributed by atoms with Crippen molar-refractivity contribution in [2.45, 2.75) is 13.0 Å². The molecule has 0 bridgehead atoms. The molecule has 0 heterocycles. The van der Waals surface area contributed by atoms with Crippen molar-refractivity contribution in [3.63, 3.8) is 0 Å². The third kappa shape index (κ3) is 2.38. The highest BCUT2D eigenvalue weighted by atomic mass is 16.4. The molecule has 86 valence electrons. The molecule has 0 saturated heterocycles. The van der Waals surface area contributed by atoms with Gasteiger partial charge >= 0.3 is 5.97 Å². The number of anilines is 1. The van der Waals surface area contributed by atoms with Gasteiger partial charge < -0.3 is 15.7 Å². The molecule has 1 amide bonds. The van der Waals surface area contributed by atoms with Crippen LogP contribution in [0.1, 0.15) is 5.56 Å². The predicted molar refractivity (Wildman–Crippen MR) is 60.2 cm³/mol. The molecule has 1 unspecified atom stereocenters. The second-order valence-corrected chi connectivity index (χ2v) is 3.50. The van der Waals surface area contributed by atoms with Crippen LogP contribution in [-0.2, 0) is 9.59 Å². The highest BCUT2D eigenvalue weighted by Crippen LogP contribution is 2.18. The Bertz CT molecular complexity index is 417. The summed E-state index contributed by atoms with van der Waals surface area (Å²) < 4.78 is 0. The standard InChI is InChI=1S/C11H14N2O3/c1-7-5-3-4-6-8(7)13(2)10(14)9(12)11(15)16/h3-6,9H,12H2,1-2H3,(H,15,16). The lowest BCUT2D eigenvalue weighted by molar-refractivity contribution is -0.142. The molecule has 1 rings (SSSR count). The fourth-order valence-corrected chi connectivity index (χ4v) is 1.37. The molecule has 1 aromatic carbocycles. The summed E-state index contributed by atoms with van der Waals surface area (Å²) in [5.74, 6) is -1.97. The maximum absolute atomic E-state index is 11.7. The molecule has 3 N–H and O–H groups in total. The number of carbonyl (C=O) groups excluding carboxylic acids is 1. The van der Waals surface area contributed by atoms with E-state index >= 15 is 0 Å². The van der Waals surface area contributed by atoms with Gasteiger partial charge in [0.1, 0.15) is 0 Å². The van der Waals surface area contributed by atoms with Crippen molar-refractivity contribution in [2.75, 3.05) is 11.9 Å². The van der Waals surface area contributed by atoms with E-state index in [2.05, 4.69) is 0 Å². The molecular weight excluding hydrogens is 208 g/mol. The smallest absolute Gasteiger partial charge is 0.330 e. The van der Waals surface area contributed by atoms with Crippen LogP contribution in [0.5, 0.6) is 0 Å². The molecule has 0 spiro atoms. The Morgan fingerprint density at radius 3 is 2.44 bits per heavy atom. The number of likely N-dealkylation sites (N-methyl/N-ethyl adjacent to an activating group) is 1. The lowest BCUT2D eigenvalue weighted by atomic mass is 10.1. The van der Waals surface area contributed by atoms with Crippen molar-refractivity contribution in [2.24, 2.45) is 5.73 Å². The van der Waals surface area contributed by atoms with Crippen LogP contribution < -0.4 is 10.6 Å².